The lowest BCUT2D eigenvalue weighted by atomic mass is 10.1. The minimum Gasteiger partial charge on any atom is -0.345 e. The predicted molar refractivity (Wildman–Crippen MR) is 89.7 cm³/mol. The van der Waals surface area contributed by atoms with E-state index in [0.717, 1.165) is 36.7 Å². The molecule has 0 spiro atoms. The zero-order chi connectivity index (χ0) is 15.6. The Labute approximate surface area is 135 Å². The van der Waals surface area contributed by atoms with Gasteiger partial charge in [0.1, 0.15) is 5.82 Å². The summed E-state index contributed by atoms with van der Waals surface area (Å²) < 4.78 is 0. The van der Waals surface area contributed by atoms with Crippen LogP contribution in [0.2, 0.25) is 0 Å². The first-order valence-corrected chi connectivity index (χ1v) is 8.14. The molecule has 1 atom stereocenters. The molecule has 0 unspecified atom stereocenters. The normalized spacial score (nSPS) is 18.6. The fourth-order valence-electron chi connectivity index (χ4n) is 3.43. The van der Waals surface area contributed by atoms with E-state index in [2.05, 4.69) is 56.3 Å². The molecule has 5 heteroatoms. The van der Waals surface area contributed by atoms with Gasteiger partial charge in [-0.3, -0.25) is 10.00 Å². The maximum Gasteiger partial charge on any atom is 0.123 e. The highest BCUT2D eigenvalue weighted by atomic mass is 15.2. The van der Waals surface area contributed by atoms with Crippen molar-refractivity contribution in [2.75, 3.05) is 6.54 Å². The van der Waals surface area contributed by atoms with Crippen LogP contribution in [0, 0.1) is 6.92 Å². The summed E-state index contributed by atoms with van der Waals surface area (Å²) in [5, 5.41) is 7.42. The molecule has 1 fully saturated rings. The van der Waals surface area contributed by atoms with Gasteiger partial charge in [-0.15, -0.1) is 0 Å². The number of H-pyrrole nitrogens is 2. The molecule has 0 radical (unpaired) electrons. The molecule has 23 heavy (non-hydrogen) atoms. The molecule has 2 aromatic heterocycles. The molecule has 4 rings (SSSR count). The quantitative estimate of drug-likeness (QED) is 0.776. The molecule has 1 saturated heterocycles. The monoisotopic (exact) mass is 307 g/mol. The van der Waals surface area contributed by atoms with Crippen molar-refractivity contribution in [1.82, 2.24) is 25.1 Å². The van der Waals surface area contributed by atoms with Crippen LogP contribution in [0.1, 0.15) is 36.0 Å². The Balaban J connectivity index is 1.58. The number of aromatic nitrogens is 4. The van der Waals surface area contributed by atoms with Crippen molar-refractivity contribution in [3.8, 4) is 11.3 Å². The average molecular weight is 307 g/mol. The minimum atomic E-state index is 0.377. The Hall–Kier alpha value is -2.40. The fourth-order valence-corrected chi connectivity index (χ4v) is 3.43. The number of aryl methyl sites for hydroxylation is 1. The molecule has 0 amide bonds. The molecule has 0 bridgehead atoms. The molecule has 118 valence electrons. The van der Waals surface area contributed by atoms with E-state index in [9.17, 15) is 0 Å². The third-order valence-corrected chi connectivity index (χ3v) is 4.56. The van der Waals surface area contributed by atoms with E-state index in [1.165, 1.54) is 17.5 Å². The van der Waals surface area contributed by atoms with Gasteiger partial charge in [0.2, 0.25) is 0 Å². The van der Waals surface area contributed by atoms with Crippen LogP contribution in [0.4, 0.5) is 0 Å². The lowest BCUT2D eigenvalue weighted by Gasteiger charge is -2.22. The first-order chi connectivity index (χ1) is 11.3. The maximum absolute atomic E-state index is 4.54. The van der Waals surface area contributed by atoms with E-state index in [-0.39, 0.29) is 0 Å². The van der Waals surface area contributed by atoms with Gasteiger partial charge in [-0.2, -0.15) is 5.10 Å². The lowest BCUT2D eigenvalue weighted by molar-refractivity contribution is 0.241. The van der Waals surface area contributed by atoms with Crippen molar-refractivity contribution >= 4 is 0 Å². The lowest BCUT2D eigenvalue weighted by Crippen LogP contribution is -2.23. The van der Waals surface area contributed by atoms with E-state index in [4.69, 9.17) is 0 Å². The number of nitrogens with one attached hydrogen (secondary N) is 2. The fraction of sp³-hybridized carbons (Fsp3) is 0.333. The van der Waals surface area contributed by atoms with Crippen molar-refractivity contribution in [2.24, 2.45) is 0 Å². The first kappa shape index (κ1) is 14.2. The number of benzene rings is 1. The van der Waals surface area contributed by atoms with E-state index in [1.54, 1.807) is 0 Å². The average Bonchev–Trinajstić information content (AvgIpc) is 3.29. The third-order valence-electron chi connectivity index (χ3n) is 4.56. The standard InChI is InChI=1S/C18H21N5/c1-13-10-19-18(21-13)16-8-5-9-23(16)12-15-11-20-22-17(15)14-6-3-2-4-7-14/h2-4,6-7,10-11,16H,5,8-9,12H2,1H3,(H,19,21)(H,20,22)/t16-/m1/s1. The summed E-state index contributed by atoms with van der Waals surface area (Å²) in [6.07, 6.45) is 6.23. The van der Waals surface area contributed by atoms with Crippen LogP contribution >= 0.6 is 0 Å². The number of rotatable bonds is 4. The van der Waals surface area contributed by atoms with Gasteiger partial charge in [0.05, 0.1) is 17.9 Å². The van der Waals surface area contributed by atoms with Crippen LogP contribution in [0.25, 0.3) is 11.3 Å². The molecule has 0 aliphatic carbocycles. The van der Waals surface area contributed by atoms with E-state index in [0.29, 0.717) is 6.04 Å². The Morgan fingerprint density at radius 3 is 2.87 bits per heavy atom. The van der Waals surface area contributed by atoms with Crippen molar-refractivity contribution in [1.29, 1.82) is 0 Å². The molecular weight excluding hydrogens is 286 g/mol. The topological polar surface area (TPSA) is 60.6 Å². The van der Waals surface area contributed by atoms with Crippen molar-refractivity contribution in [2.45, 2.75) is 32.4 Å². The Kier molecular flexibility index (Phi) is 3.71. The summed E-state index contributed by atoms with van der Waals surface area (Å²) in [7, 11) is 0. The highest BCUT2D eigenvalue weighted by Gasteiger charge is 2.28. The van der Waals surface area contributed by atoms with Gasteiger partial charge in [-0.05, 0) is 31.9 Å². The molecule has 5 nitrogen and oxygen atoms in total. The summed E-state index contributed by atoms with van der Waals surface area (Å²) >= 11 is 0. The highest BCUT2D eigenvalue weighted by Crippen LogP contribution is 2.33. The number of imidazole rings is 1. The van der Waals surface area contributed by atoms with Gasteiger partial charge in [-0.25, -0.2) is 4.98 Å². The highest BCUT2D eigenvalue weighted by molar-refractivity contribution is 5.62. The van der Waals surface area contributed by atoms with Crippen LogP contribution in [0.3, 0.4) is 0 Å². The maximum atomic E-state index is 4.54. The van der Waals surface area contributed by atoms with Crippen molar-refractivity contribution in [3.63, 3.8) is 0 Å². The number of likely N-dealkylation sites (tertiary alicyclic amines) is 1. The van der Waals surface area contributed by atoms with Crippen LogP contribution < -0.4 is 0 Å². The van der Waals surface area contributed by atoms with Gasteiger partial charge in [-0.1, -0.05) is 30.3 Å². The molecule has 0 saturated carbocycles. The molecule has 1 aliphatic rings. The number of hydrogen-bond donors (Lipinski definition) is 2. The molecule has 1 aliphatic heterocycles. The Morgan fingerprint density at radius 1 is 1.22 bits per heavy atom. The number of nitrogens with zero attached hydrogens (tertiary/aromatic N) is 3. The summed E-state index contributed by atoms with van der Waals surface area (Å²) in [6, 6.07) is 10.8. The van der Waals surface area contributed by atoms with E-state index in [1.807, 2.05) is 18.5 Å². The van der Waals surface area contributed by atoms with Gasteiger partial charge in [0, 0.05) is 24.0 Å². The molecule has 3 heterocycles. The van der Waals surface area contributed by atoms with E-state index < -0.39 is 0 Å². The molecular formula is C18H21N5. The SMILES string of the molecule is Cc1cnc([C@H]2CCCN2Cc2cn[nH]c2-c2ccccc2)[nH]1. The second kappa shape index (κ2) is 6.01. The summed E-state index contributed by atoms with van der Waals surface area (Å²) in [5.74, 6) is 1.09. The number of hydrogen-bond acceptors (Lipinski definition) is 3. The zero-order valence-electron chi connectivity index (χ0n) is 13.3. The van der Waals surface area contributed by atoms with Crippen LogP contribution in [0.5, 0.6) is 0 Å². The van der Waals surface area contributed by atoms with Crippen LogP contribution in [-0.2, 0) is 6.54 Å². The third kappa shape index (κ3) is 2.80. The summed E-state index contributed by atoms with van der Waals surface area (Å²) in [5.41, 5.74) is 4.67. The summed E-state index contributed by atoms with van der Waals surface area (Å²) in [6.45, 7) is 4.05. The summed E-state index contributed by atoms with van der Waals surface area (Å²) in [4.78, 5) is 10.4. The van der Waals surface area contributed by atoms with Gasteiger partial charge in [0.25, 0.3) is 0 Å². The largest absolute Gasteiger partial charge is 0.345 e. The van der Waals surface area contributed by atoms with Crippen LogP contribution in [0.15, 0.2) is 42.7 Å². The van der Waals surface area contributed by atoms with Crippen molar-refractivity contribution < 1.29 is 0 Å². The number of aromatic amines is 2. The van der Waals surface area contributed by atoms with Gasteiger partial charge < -0.3 is 4.98 Å². The second-order valence-electron chi connectivity index (χ2n) is 6.22. The van der Waals surface area contributed by atoms with Gasteiger partial charge in [0.15, 0.2) is 0 Å². The predicted octanol–water partition coefficient (Wildman–Crippen LogP) is 3.45. The van der Waals surface area contributed by atoms with Gasteiger partial charge >= 0.3 is 0 Å². The van der Waals surface area contributed by atoms with E-state index >= 15 is 0 Å². The zero-order valence-corrected chi connectivity index (χ0v) is 13.3. The smallest absolute Gasteiger partial charge is 0.123 e. The minimum absolute atomic E-state index is 0.377. The second-order valence-corrected chi connectivity index (χ2v) is 6.22. The molecule has 3 aromatic rings. The first-order valence-electron chi connectivity index (χ1n) is 8.14. The molecule has 1 aromatic carbocycles. The Bertz CT molecular complexity index is 774. The Morgan fingerprint density at radius 2 is 2.09 bits per heavy atom. The van der Waals surface area contributed by atoms with Crippen LogP contribution in [-0.4, -0.2) is 31.6 Å². The van der Waals surface area contributed by atoms with Crippen molar-refractivity contribution in [3.05, 3.63) is 59.8 Å². The molecule has 2 N–H and O–H groups in total.